The van der Waals surface area contributed by atoms with Crippen molar-refractivity contribution in [3.05, 3.63) is 33.1 Å². The van der Waals surface area contributed by atoms with Crippen molar-refractivity contribution in [2.45, 2.75) is 12.8 Å². The van der Waals surface area contributed by atoms with E-state index >= 15 is 0 Å². The van der Waals surface area contributed by atoms with Gasteiger partial charge in [0.15, 0.2) is 0 Å². The molecule has 1 aromatic rings. The number of nitrogens with zero attached hydrogens (tertiary/aromatic N) is 3. The minimum Gasteiger partial charge on any atom is -0.379 e. The highest BCUT2D eigenvalue weighted by atomic mass is 35.5. The summed E-state index contributed by atoms with van der Waals surface area (Å²) in [4.78, 5) is 27.5. The molecule has 0 unspecified atom stereocenters. The maximum absolute atomic E-state index is 12.2. The fraction of sp³-hybridized carbons (Fsp3) is 0.538. The zero-order valence-electron chi connectivity index (χ0n) is 11.6. The van der Waals surface area contributed by atoms with E-state index in [-0.39, 0.29) is 16.4 Å². The van der Waals surface area contributed by atoms with Crippen LogP contribution in [0.2, 0.25) is 5.15 Å². The number of aromatic nitrogens is 1. The third-order valence-electron chi connectivity index (χ3n) is 3.24. The molecule has 0 aliphatic heterocycles. The van der Waals surface area contributed by atoms with Gasteiger partial charge in [0, 0.05) is 20.2 Å². The van der Waals surface area contributed by atoms with Crippen LogP contribution < -0.4 is 0 Å². The molecule has 1 aliphatic rings. The first-order valence-electron chi connectivity index (χ1n) is 6.62. The summed E-state index contributed by atoms with van der Waals surface area (Å²) in [5, 5.41) is 11.0. The van der Waals surface area contributed by atoms with Crippen molar-refractivity contribution in [3.8, 4) is 0 Å². The first kappa shape index (κ1) is 15.7. The molecule has 114 valence electrons. The van der Waals surface area contributed by atoms with Gasteiger partial charge in [0.2, 0.25) is 0 Å². The Balaban J connectivity index is 1.96. The Hall–Kier alpha value is -1.73. The molecular formula is C13H16ClN3O4. The number of carbonyl (C=O) groups excluding carboxylic acids is 1. The second-order valence-electron chi connectivity index (χ2n) is 5.03. The highest BCUT2D eigenvalue weighted by Gasteiger charge is 2.24. The van der Waals surface area contributed by atoms with Crippen molar-refractivity contribution in [1.29, 1.82) is 0 Å². The van der Waals surface area contributed by atoms with Crippen molar-refractivity contribution < 1.29 is 14.5 Å². The number of carbonyl (C=O) groups is 1. The van der Waals surface area contributed by atoms with E-state index in [0.29, 0.717) is 25.7 Å². The van der Waals surface area contributed by atoms with Gasteiger partial charge in [-0.1, -0.05) is 11.6 Å². The number of rotatable bonds is 7. The minimum absolute atomic E-state index is 0.0438. The summed E-state index contributed by atoms with van der Waals surface area (Å²) in [5.41, 5.74) is -0.417. The second kappa shape index (κ2) is 6.82. The topological polar surface area (TPSA) is 85.6 Å². The van der Waals surface area contributed by atoms with Crippen LogP contribution in [0.3, 0.4) is 0 Å². The Bertz CT molecular complexity index is 548. The van der Waals surface area contributed by atoms with E-state index in [4.69, 9.17) is 16.3 Å². The van der Waals surface area contributed by atoms with E-state index in [0.717, 1.165) is 6.20 Å². The number of likely N-dealkylation sites (N-methyl/N-ethyl adjacent to an activating group) is 1. The molecule has 1 fully saturated rings. The van der Waals surface area contributed by atoms with Crippen LogP contribution in [0.5, 0.6) is 0 Å². The standard InChI is InChI=1S/C13H16ClN3O4/c1-16(4-5-21-8-9-2-3-9)13(18)10-6-12(14)15-7-11(10)17(19)20/h6-7,9H,2-5,8H2,1H3. The molecule has 1 aromatic heterocycles. The van der Waals surface area contributed by atoms with Gasteiger partial charge in [-0.15, -0.1) is 0 Å². The van der Waals surface area contributed by atoms with Gasteiger partial charge in [0.05, 0.1) is 11.5 Å². The lowest BCUT2D eigenvalue weighted by Crippen LogP contribution is -2.31. The molecule has 21 heavy (non-hydrogen) atoms. The van der Waals surface area contributed by atoms with Gasteiger partial charge >= 0.3 is 0 Å². The first-order chi connectivity index (χ1) is 9.99. The van der Waals surface area contributed by atoms with Crippen molar-refractivity contribution in [2.24, 2.45) is 5.92 Å². The van der Waals surface area contributed by atoms with Crippen LogP contribution in [-0.2, 0) is 4.74 Å². The number of ether oxygens (including phenoxy) is 1. The van der Waals surface area contributed by atoms with Crippen molar-refractivity contribution in [1.82, 2.24) is 9.88 Å². The van der Waals surface area contributed by atoms with Crippen LogP contribution in [0.25, 0.3) is 0 Å². The molecule has 0 aromatic carbocycles. The zero-order valence-corrected chi connectivity index (χ0v) is 12.4. The van der Waals surface area contributed by atoms with E-state index in [1.807, 2.05) is 0 Å². The third-order valence-corrected chi connectivity index (χ3v) is 3.45. The van der Waals surface area contributed by atoms with E-state index in [1.54, 1.807) is 7.05 Å². The Morgan fingerprint density at radius 3 is 2.95 bits per heavy atom. The quantitative estimate of drug-likeness (QED) is 0.333. The van der Waals surface area contributed by atoms with Gasteiger partial charge in [0.25, 0.3) is 11.6 Å². The van der Waals surface area contributed by atoms with E-state index < -0.39 is 10.8 Å². The molecule has 2 rings (SSSR count). The van der Waals surface area contributed by atoms with Crippen LogP contribution in [0.15, 0.2) is 12.3 Å². The summed E-state index contributed by atoms with van der Waals surface area (Å²) in [6, 6.07) is 1.21. The third kappa shape index (κ3) is 4.37. The maximum atomic E-state index is 12.2. The smallest absolute Gasteiger partial charge is 0.300 e. The monoisotopic (exact) mass is 313 g/mol. The predicted molar refractivity (Wildman–Crippen MR) is 76.4 cm³/mol. The van der Waals surface area contributed by atoms with Crippen molar-refractivity contribution in [2.75, 3.05) is 26.8 Å². The lowest BCUT2D eigenvalue weighted by molar-refractivity contribution is -0.385. The molecule has 0 spiro atoms. The number of pyridine rings is 1. The molecule has 1 aliphatic carbocycles. The number of nitro groups is 1. The van der Waals surface area contributed by atoms with Crippen LogP contribution in [0.1, 0.15) is 23.2 Å². The fourth-order valence-electron chi connectivity index (χ4n) is 1.78. The molecule has 0 N–H and O–H groups in total. The Labute approximate surface area is 127 Å². The fourth-order valence-corrected chi connectivity index (χ4v) is 1.94. The molecular weight excluding hydrogens is 298 g/mol. The highest BCUT2D eigenvalue weighted by Crippen LogP contribution is 2.28. The average Bonchev–Trinajstić information content (AvgIpc) is 3.26. The van der Waals surface area contributed by atoms with Gasteiger partial charge in [-0.2, -0.15) is 0 Å². The largest absolute Gasteiger partial charge is 0.379 e. The maximum Gasteiger partial charge on any atom is 0.300 e. The summed E-state index contributed by atoms with van der Waals surface area (Å²) in [6.07, 6.45) is 3.40. The molecule has 0 radical (unpaired) electrons. The summed E-state index contributed by atoms with van der Waals surface area (Å²) in [7, 11) is 1.57. The highest BCUT2D eigenvalue weighted by molar-refractivity contribution is 6.29. The van der Waals surface area contributed by atoms with Gasteiger partial charge in [0.1, 0.15) is 16.9 Å². The molecule has 1 heterocycles. The number of amides is 1. The number of hydrogen-bond donors (Lipinski definition) is 0. The SMILES string of the molecule is CN(CCOCC1CC1)C(=O)c1cc(Cl)ncc1[N+](=O)[O-]. The van der Waals surface area contributed by atoms with Crippen LogP contribution in [0, 0.1) is 16.0 Å². The van der Waals surface area contributed by atoms with Crippen LogP contribution >= 0.6 is 11.6 Å². The first-order valence-corrected chi connectivity index (χ1v) is 7.00. The Kier molecular flexibility index (Phi) is 5.08. The Morgan fingerprint density at radius 1 is 1.62 bits per heavy atom. The van der Waals surface area contributed by atoms with Crippen LogP contribution in [-0.4, -0.2) is 47.5 Å². The molecule has 7 nitrogen and oxygen atoms in total. The molecule has 0 bridgehead atoms. The molecule has 1 saturated carbocycles. The molecule has 8 heteroatoms. The minimum atomic E-state index is -0.645. The lowest BCUT2D eigenvalue weighted by Gasteiger charge is -2.17. The van der Waals surface area contributed by atoms with E-state index in [2.05, 4.69) is 4.98 Å². The summed E-state index contributed by atoms with van der Waals surface area (Å²) >= 11 is 5.71. The van der Waals surface area contributed by atoms with E-state index in [1.165, 1.54) is 23.8 Å². The van der Waals surface area contributed by atoms with Crippen molar-refractivity contribution >= 4 is 23.2 Å². The predicted octanol–water partition coefficient (Wildman–Crippen LogP) is 2.14. The van der Waals surface area contributed by atoms with Crippen molar-refractivity contribution in [3.63, 3.8) is 0 Å². The number of hydrogen-bond acceptors (Lipinski definition) is 5. The Morgan fingerprint density at radius 2 is 2.33 bits per heavy atom. The average molecular weight is 314 g/mol. The second-order valence-corrected chi connectivity index (χ2v) is 5.41. The zero-order chi connectivity index (χ0) is 15.4. The molecule has 0 atom stereocenters. The van der Waals surface area contributed by atoms with Gasteiger partial charge < -0.3 is 9.64 Å². The van der Waals surface area contributed by atoms with Crippen LogP contribution in [0.4, 0.5) is 5.69 Å². The molecule has 1 amide bonds. The number of halogens is 1. The van der Waals surface area contributed by atoms with Gasteiger partial charge in [-0.3, -0.25) is 14.9 Å². The van der Waals surface area contributed by atoms with E-state index in [9.17, 15) is 14.9 Å². The summed E-state index contributed by atoms with van der Waals surface area (Å²) < 4.78 is 5.45. The summed E-state index contributed by atoms with van der Waals surface area (Å²) in [6.45, 7) is 1.48. The van der Waals surface area contributed by atoms with Gasteiger partial charge in [-0.25, -0.2) is 4.98 Å². The summed E-state index contributed by atoms with van der Waals surface area (Å²) in [5.74, 6) is 0.187. The lowest BCUT2D eigenvalue weighted by atomic mass is 10.2. The van der Waals surface area contributed by atoms with Gasteiger partial charge in [-0.05, 0) is 24.8 Å². The normalized spacial score (nSPS) is 14.0. The molecule has 0 saturated heterocycles.